The maximum Gasteiger partial charge on any atom is 0.100 e. The third-order valence-electron chi connectivity index (χ3n) is 7.99. The van der Waals surface area contributed by atoms with Gasteiger partial charge in [-0.15, -0.1) is 12.3 Å². The number of hydrogen-bond donors (Lipinski definition) is 0. The molecule has 3 heteroatoms. The van der Waals surface area contributed by atoms with Crippen LogP contribution in [0, 0.1) is 12.3 Å². The number of para-hydroxylation sites is 1. The fourth-order valence-corrected chi connectivity index (χ4v) is 5.45. The maximum absolute atomic E-state index is 5.02. The average molecular weight is 586 g/mol. The maximum atomic E-state index is 5.02. The molecule has 0 N–H and O–H groups in total. The molecule has 4 aromatic carbocycles. The Balaban J connectivity index is 0.000000390. The quantitative estimate of drug-likeness (QED) is 0.140. The van der Waals surface area contributed by atoms with Crippen LogP contribution in [0.5, 0.6) is 0 Å². The van der Waals surface area contributed by atoms with E-state index in [2.05, 4.69) is 123 Å². The van der Waals surface area contributed by atoms with Crippen LogP contribution >= 0.6 is 0 Å². The molecule has 0 radical (unpaired) electrons. The smallest absolute Gasteiger partial charge is 0.100 e. The highest BCUT2D eigenvalue weighted by molar-refractivity contribution is 5.98. The van der Waals surface area contributed by atoms with Gasteiger partial charge in [0.2, 0.25) is 0 Å². The van der Waals surface area contributed by atoms with Gasteiger partial charge in [0.05, 0.1) is 12.1 Å². The summed E-state index contributed by atoms with van der Waals surface area (Å²) in [6, 6.07) is 34.2. The minimum atomic E-state index is 0.656. The molecule has 222 valence electrons. The van der Waals surface area contributed by atoms with Crippen molar-refractivity contribution in [3.05, 3.63) is 162 Å². The van der Waals surface area contributed by atoms with Crippen LogP contribution in [0.2, 0.25) is 0 Å². The Morgan fingerprint density at radius 2 is 1.51 bits per heavy atom. The third kappa shape index (κ3) is 7.20. The van der Waals surface area contributed by atoms with Crippen molar-refractivity contribution >= 4 is 38.7 Å². The summed E-state index contributed by atoms with van der Waals surface area (Å²) in [6.07, 6.45) is 16.8. The van der Waals surface area contributed by atoms with Crippen molar-refractivity contribution in [1.29, 1.82) is 0 Å². The zero-order chi connectivity index (χ0) is 31.6. The van der Waals surface area contributed by atoms with Crippen molar-refractivity contribution in [2.24, 2.45) is 4.99 Å². The van der Waals surface area contributed by atoms with Crippen molar-refractivity contribution in [3.8, 4) is 12.3 Å². The van der Waals surface area contributed by atoms with Crippen LogP contribution in [0.15, 0.2) is 145 Å². The van der Waals surface area contributed by atoms with Gasteiger partial charge in [-0.2, -0.15) is 0 Å². The molecule has 0 unspecified atom stereocenters. The van der Waals surface area contributed by atoms with Gasteiger partial charge in [-0.1, -0.05) is 117 Å². The monoisotopic (exact) mass is 585 g/mol. The number of fused-ring (bicyclic) bond motifs is 2. The number of nitrogens with zero attached hydrogens (tertiary/aromatic N) is 3. The summed E-state index contributed by atoms with van der Waals surface area (Å²) in [7, 11) is 2.10. The number of rotatable bonds is 7. The lowest BCUT2D eigenvalue weighted by Crippen LogP contribution is -2.20. The Morgan fingerprint density at radius 3 is 2.24 bits per heavy atom. The number of amidine groups is 1. The predicted molar refractivity (Wildman–Crippen MR) is 194 cm³/mol. The molecular weight excluding hydrogens is 546 g/mol. The van der Waals surface area contributed by atoms with Crippen molar-refractivity contribution in [2.75, 3.05) is 13.6 Å². The lowest BCUT2D eigenvalue weighted by Gasteiger charge is -2.22. The Morgan fingerprint density at radius 1 is 0.844 bits per heavy atom. The number of benzene rings is 4. The van der Waals surface area contributed by atoms with E-state index in [0.29, 0.717) is 6.54 Å². The lowest BCUT2D eigenvalue weighted by molar-refractivity contribution is 0.649. The van der Waals surface area contributed by atoms with E-state index in [9.17, 15) is 0 Å². The number of hydrogen-bond acceptors (Lipinski definition) is 3. The van der Waals surface area contributed by atoms with Crippen molar-refractivity contribution in [3.63, 3.8) is 0 Å². The van der Waals surface area contributed by atoms with Crippen molar-refractivity contribution in [1.82, 2.24) is 9.88 Å². The molecule has 1 aliphatic heterocycles. The second-order valence-corrected chi connectivity index (χ2v) is 10.9. The number of terminal acetylenes is 1. The molecular formula is C42H39N3. The molecule has 0 bridgehead atoms. The Bertz CT molecular complexity index is 2000. The van der Waals surface area contributed by atoms with Gasteiger partial charge in [0.15, 0.2) is 0 Å². The Labute approximate surface area is 267 Å². The molecule has 0 spiro atoms. The standard InChI is InChI=1S/C33H27N3.C9H12/c1-22(28-19-26-12-6-9-15-31(26)35-20-28)29-13-7-8-14-30(29)33(32-21-34-23(2)36(32)3)27-17-16-24-10-4-5-11-25(24)18-27;1-3-5-7-9-8-6-4-2/h4-20H,1,21H2,2-3H3;1,6-9H,4-5H2,2H3/b33-32+;8-6-,9-7-. The number of pyridine rings is 1. The van der Waals surface area contributed by atoms with E-state index in [-0.39, 0.29) is 0 Å². The van der Waals surface area contributed by atoms with Gasteiger partial charge < -0.3 is 4.90 Å². The first-order chi connectivity index (χ1) is 22.0. The van der Waals surface area contributed by atoms with E-state index in [4.69, 9.17) is 16.4 Å². The molecule has 45 heavy (non-hydrogen) atoms. The van der Waals surface area contributed by atoms with Crippen LogP contribution in [0.3, 0.4) is 0 Å². The minimum absolute atomic E-state index is 0.656. The predicted octanol–water partition coefficient (Wildman–Crippen LogP) is 10.1. The molecule has 3 nitrogen and oxygen atoms in total. The second kappa shape index (κ2) is 14.8. The molecule has 0 atom stereocenters. The normalized spacial score (nSPS) is 14.0. The highest BCUT2D eigenvalue weighted by Gasteiger charge is 2.24. The lowest BCUT2D eigenvalue weighted by atomic mass is 9.87. The van der Waals surface area contributed by atoms with Crippen molar-refractivity contribution in [2.45, 2.75) is 26.7 Å². The zero-order valence-corrected chi connectivity index (χ0v) is 26.4. The van der Waals surface area contributed by atoms with Crippen molar-refractivity contribution < 1.29 is 0 Å². The van der Waals surface area contributed by atoms with Crippen LogP contribution < -0.4 is 0 Å². The summed E-state index contributed by atoms with van der Waals surface area (Å²) in [6.45, 7) is 9.37. The summed E-state index contributed by atoms with van der Waals surface area (Å²) in [5.74, 6) is 3.55. The zero-order valence-electron chi connectivity index (χ0n) is 26.4. The molecule has 2 heterocycles. The second-order valence-electron chi connectivity index (χ2n) is 10.9. The molecule has 5 aromatic rings. The Kier molecular flexibility index (Phi) is 10.2. The summed E-state index contributed by atoms with van der Waals surface area (Å²) in [4.78, 5) is 11.7. The summed E-state index contributed by atoms with van der Waals surface area (Å²) >= 11 is 0. The first-order valence-electron chi connectivity index (χ1n) is 15.4. The average Bonchev–Trinajstić information content (AvgIpc) is 3.41. The number of aliphatic imine (C=N–C) groups is 1. The number of aromatic nitrogens is 1. The van der Waals surface area contributed by atoms with Gasteiger partial charge in [-0.05, 0) is 64.6 Å². The number of likely N-dealkylation sites (N-methyl/N-ethyl adjacent to an activating group) is 1. The van der Waals surface area contributed by atoms with E-state index in [1.54, 1.807) is 0 Å². The largest absolute Gasteiger partial charge is 0.335 e. The van der Waals surface area contributed by atoms with E-state index < -0.39 is 0 Å². The third-order valence-corrected chi connectivity index (χ3v) is 7.99. The van der Waals surface area contributed by atoms with Crippen LogP contribution in [0.25, 0.3) is 32.8 Å². The minimum Gasteiger partial charge on any atom is -0.335 e. The summed E-state index contributed by atoms with van der Waals surface area (Å²) in [5, 5.41) is 3.57. The topological polar surface area (TPSA) is 28.5 Å². The fourth-order valence-electron chi connectivity index (χ4n) is 5.45. The van der Waals surface area contributed by atoms with E-state index in [0.717, 1.165) is 51.8 Å². The molecule has 0 saturated heterocycles. The molecule has 6 rings (SSSR count). The number of allylic oxidation sites excluding steroid dienone is 4. The van der Waals surface area contributed by atoms with Crippen LogP contribution in [0.1, 0.15) is 48.9 Å². The van der Waals surface area contributed by atoms with Gasteiger partial charge >= 0.3 is 0 Å². The highest BCUT2D eigenvalue weighted by Crippen LogP contribution is 2.37. The van der Waals surface area contributed by atoms with E-state index in [1.807, 2.05) is 42.6 Å². The van der Waals surface area contributed by atoms with Gasteiger partial charge in [0.25, 0.3) is 0 Å². The van der Waals surface area contributed by atoms with Crippen LogP contribution in [-0.2, 0) is 0 Å². The first-order valence-corrected chi connectivity index (χ1v) is 15.4. The fraction of sp³-hybridized carbons (Fsp3) is 0.143. The van der Waals surface area contributed by atoms with Gasteiger partial charge in [-0.3, -0.25) is 9.98 Å². The molecule has 0 fully saturated rings. The molecule has 0 amide bonds. The van der Waals surface area contributed by atoms with E-state index >= 15 is 0 Å². The molecule has 0 saturated carbocycles. The molecule has 1 aliphatic rings. The summed E-state index contributed by atoms with van der Waals surface area (Å²) < 4.78 is 0. The molecule has 0 aliphatic carbocycles. The SMILES string of the molecule is C#CC/C=C\C=C/CC.C=C(c1cnc2ccccc2c1)c1ccccc1/C(=C1\CN=C(C)N1C)c1ccc2ccccc2c1. The molecule has 1 aromatic heterocycles. The van der Waals surface area contributed by atoms with Crippen LogP contribution in [-0.4, -0.2) is 29.3 Å². The van der Waals surface area contributed by atoms with E-state index in [1.165, 1.54) is 27.6 Å². The van der Waals surface area contributed by atoms with Crippen LogP contribution in [0.4, 0.5) is 0 Å². The van der Waals surface area contributed by atoms with Gasteiger partial charge in [0, 0.05) is 41.9 Å². The Hall–Kier alpha value is -5.46. The first kappa shape index (κ1) is 31.0. The van der Waals surface area contributed by atoms with Gasteiger partial charge in [0.1, 0.15) is 5.84 Å². The van der Waals surface area contributed by atoms with Gasteiger partial charge in [-0.25, -0.2) is 0 Å². The summed E-state index contributed by atoms with van der Waals surface area (Å²) in [5.41, 5.74) is 8.78. The highest BCUT2D eigenvalue weighted by atomic mass is 15.2.